The van der Waals surface area contributed by atoms with Crippen molar-refractivity contribution in [3.63, 3.8) is 0 Å². The van der Waals surface area contributed by atoms with Gasteiger partial charge in [-0.15, -0.1) is 0 Å². The summed E-state index contributed by atoms with van der Waals surface area (Å²) in [5.74, 6) is 0.749. The van der Waals surface area contributed by atoms with E-state index in [1.807, 2.05) is 0 Å². The van der Waals surface area contributed by atoms with Crippen LogP contribution in [-0.4, -0.2) is 18.7 Å². The highest BCUT2D eigenvalue weighted by atomic mass is 16.5. The molecule has 0 bridgehead atoms. The highest BCUT2D eigenvalue weighted by Gasteiger charge is 2.16. The molecule has 120 valence electrons. The van der Waals surface area contributed by atoms with E-state index >= 15 is 0 Å². The number of aryl methyl sites for hydroxylation is 1. The first-order chi connectivity index (χ1) is 9.78. The van der Waals surface area contributed by atoms with Crippen LogP contribution >= 0.6 is 0 Å². The third-order valence-corrected chi connectivity index (χ3v) is 3.51. The van der Waals surface area contributed by atoms with Gasteiger partial charge in [0.25, 0.3) is 0 Å². The van der Waals surface area contributed by atoms with E-state index in [0.717, 1.165) is 25.5 Å². The van der Waals surface area contributed by atoms with Gasteiger partial charge in [0.2, 0.25) is 0 Å². The normalized spacial score (nSPS) is 13.7. The Morgan fingerprint density at radius 3 is 2.24 bits per heavy atom. The first-order valence-corrected chi connectivity index (χ1v) is 8.21. The van der Waals surface area contributed by atoms with E-state index in [1.165, 1.54) is 17.5 Å². The maximum absolute atomic E-state index is 6.15. The van der Waals surface area contributed by atoms with Gasteiger partial charge in [0.15, 0.2) is 0 Å². The fraction of sp³-hybridized carbons (Fsp3) is 0.684. The van der Waals surface area contributed by atoms with Gasteiger partial charge in [-0.3, -0.25) is 0 Å². The Hall–Kier alpha value is -0.860. The zero-order valence-corrected chi connectivity index (χ0v) is 14.7. The molecule has 2 heteroatoms. The molecule has 0 saturated heterocycles. The van der Waals surface area contributed by atoms with Crippen LogP contribution in [-0.2, 0) is 4.74 Å². The summed E-state index contributed by atoms with van der Waals surface area (Å²) in [5.41, 5.74) is 2.67. The van der Waals surface area contributed by atoms with Crippen molar-refractivity contribution in [2.45, 2.75) is 66.0 Å². The molecule has 1 aromatic carbocycles. The van der Waals surface area contributed by atoms with E-state index in [0.29, 0.717) is 0 Å². The average Bonchev–Trinajstić information content (AvgIpc) is 2.38. The summed E-state index contributed by atoms with van der Waals surface area (Å²) in [6.07, 6.45) is 2.50. The Kier molecular flexibility index (Phi) is 7.41. The van der Waals surface area contributed by atoms with Crippen LogP contribution in [0, 0.1) is 12.8 Å². The molecule has 2 nitrogen and oxygen atoms in total. The van der Waals surface area contributed by atoms with E-state index in [1.54, 1.807) is 0 Å². The minimum absolute atomic E-state index is 0.115. The summed E-state index contributed by atoms with van der Waals surface area (Å²) in [6, 6.07) is 8.70. The van der Waals surface area contributed by atoms with Crippen molar-refractivity contribution in [2.75, 3.05) is 13.2 Å². The Morgan fingerprint density at radius 2 is 1.71 bits per heavy atom. The van der Waals surface area contributed by atoms with Crippen LogP contribution in [0.15, 0.2) is 24.3 Å². The molecule has 0 aliphatic heterocycles. The average molecular weight is 291 g/mol. The maximum Gasteiger partial charge on any atom is 0.0949 e. The predicted molar refractivity (Wildman–Crippen MR) is 91.7 cm³/mol. The van der Waals surface area contributed by atoms with Gasteiger partial charge in [0.05, 0.1) is 6.10 Å². The Labute approximate surface area is 131 Å². The lowest BCUT2D eigenvalue weighted by Crippen LogP contribution is -2.39. The molecule has 1 unspecified atom stereocenters. The number of nitrogens with one attached hydrogen (secondary N) is 1. The van der Waals surface area contributed by atoms with Crippen LogP contribution < -0.4 is 5.32 Å². The maximum atomic E-state index is 6.15. The highest BCUT2D eigenvalue weighted by molar-refractivity contribution is 5.23. The number of benzene rings is 1. The monoisotopic (exact) mass is 291 g/mol. The standard InChI is InChI=1S/C19H33NO/c1-15(2)8-7-13-21-18(14-20-19(4,5)6)17-11-9-16(3)10-12-17/h9-12,15,18,20H,7-8,13-14H2,1-6H3. The van der Waals surface area contributed by atoms with Crippen LogP contribution in [0.25, 0.3) is 0 Å². The summed E-state index contributed by atoms with van der Waals surface area (Å²) in [4.78, 5) is 0. The highest BCUT2D eigenvalue weighted by Crippen LogP contribution is 2.19. The Balaban J connectivity index is 2.59. The van der Waals surface area contributed by atoms with Gasteiger partial charge in [-0.1, -0.05) is 43.7 Å². The van der Waals surface area contributed by atoms with E-state index in [2.05, 4.69) is 71.1 Å². The fourth-order valence-electron chi connectivity index (χ4n) is 2.17. The Morgan fingerprint density at radius 1 is 1.10 bits per heavy atom. The van der Waals surface area contributed by atoms with Gasteiger partial charge in [-0.2, -0.15) is 0 Å². The largest absolute Gasteiger partial charge is 0.372 e. The van der Waals surface area contributed by atoms with Gasteiger partial charge < -0.3 is 10.1 Å². The lowest BCUT2D eigenvalue weighted by atomic mass is 10.0. The Bertz CT molecular complexity index is 389. The molecule has 0 fully saturated rings. The minimum Gasteiger partial charge on any atom is -0.372 e. The van der Waals surface area contributed by atoms with Crippen molar-refractivity contribution in [1.82, 2.24) is 5.32 Å². The van der Waals surface area contributed by atoms with Gasteiger partial charge in [-0.25, -0.2) is 0 Å². The molecule has 0 heterocycles. The van der Waals surface area contributed by atoms with E-state index in [-0.39, 0.29) is 11.6 Å². The molecule has 0 amide bonds. The van der Waals surface area contributed by atoms with Gasteiger partial charge >= 0.3 is 0 Å². The fourth-order valence-corrected chi connectivity index (χ4v) is 2.17. The van der Waals surface area contributed by atoms with Crippen molar-refractivity contribution >= 4 is 0 Å². The van der Waals surface area contributed by atoms with Crippen molar-refractivity contribution in [3.8, 4) is 0 Å². The first-order valence-electron chi connectivity index (χ1n) is 8.21. The molecule has 0 saturated carbocycles. The van der Waals surface area contributed by atoms with Crippen LogP contribution in [0.5, 0.6) is 0 Å². The number of hydrogen-bond acceptors (Lipinski definition) is 2. The number of rotatable bonds is 8. The predicted octanol–water partition coefficient (Wildman–Crippen LogP) is 4.88. The smallest absolute Gasteiger partial charge is 0.0949 e. The molecule has 21 heavy (non-hydrogen) atoms. The summed E-state index contributed by atoms with van der Waals surface area (Å²) >= 11 is 0. The second-order valence-electron chi connectivity index (χ2n) is 7.44. The van der Waals surface area contributed by atoms with E-state index in [9.17, 15) is 0 Å². The van der Waals surface area contributed by atoms with Gasteiger partial charge in [0.1, 0.15) is 0 Å². The molecular weight excluding hydrogens is 258 g/mol. The molecule has 0 radical (unpaired) electrons. The lowest BCUT2D eigenvalue weighted by Gasteiger charge is -2.26. The van der Waals surface area contributed by atoms with Crippen LogP contribution in [0.3, 0.4) is 0 Å². The number of hydrogen-bond donors (Lipinski definition) is 1. The third kappa shape index (κ3) is 8.23. The molecule has 0 aliphatic rings. The third-order valence-electron chi connectivity index (χ3n) is 3.51. The summed E-state index contributed by atoms with van der Waals surface area (Å²) < 4.78 is 6.15. The van der Waals surface area contributed by atoms with Crippen LogP contribution in [0.1, 0.15) is 64.7 Å². The van der Waals surface area contributed by atoms with Crippen molar-refractivity contribution in [1.29, 1.82) is 0 Å². The van der Waals surface area contributed by atoms with Crippen LogP contribution in [0.4, 0.5) is 0 Å². The molecule has 1 rings (SSSR count). The van der Waals surface area contributed by atoms with Gasteiger partial charge in [0, 0.05) is 18.7 Å². The molecule has 1 aromatic rings. The molecule has 0 spiro atoms. The SMILES string of the molecule is Cc1ccc(C(CNC(C)(C)C)OCCCC(C)C)cc1. The summed E-state index contributed by atoms with van der Waals surface area (Å²) in [5, 5.41) is 3.56. The molecule has 1 atom stereocenters. The molecule has 0 aliphatic carbocycles. The summed E-state index contributed by atoms with van der Waals surface area (Å²) in [6.45, 7) is 14.9. The van der Waals surface area contributed by atoms with Crippen molar-refractivity contribution in [3.05, 3.63) is 35.4 Å². The molecular formula is C19H33NO. The van der Waals surface area contributed by atoms with Crippen molar-refractivity contribution in [2.24, 2.45) is 5.92 Å². The van der Waals surface area contributed by atoms with E-state index in [4.69, 9.17) is 4.74 Å². The second-order valence-corrected chi connectivity index (χ2v) is 7.44. The van der Waals surface area contributed by atoms with Gasteiger partial charge in [-0.05, 0) is 52.0 Å². The topological polar surface area (TPSA) is 21.3 Å². The number of ether oxygens (including phenoxy) is 1. The second kappa shape index (κ2) is 8.55. The quantitative estimate of drug-likeness (QED) is 0.689. The zero-order valence-electron chi connectivity index (χ0n) is 14.7. The minimum atomic E-state index is 0.115. The van der Waals surface area contributed by atoms with E-state index < -0.39 is 0 Å². The molecule has 1 N–H and O–H groups in total. The lowest BCUT2D eigenvalue weighted by molar-refractivity contribution is 0.0446. The van der Waals surface area contributed by atoms with Crippen LogP contribution in [0.2, 0.25) is 0 Å². The zero-order chi connectivity index (χ0) is 15.9. The first kappa shape index (κ1) is 18.2. The summed E-state index contributed by atoms with van der Waals surface area (Å²) in [7, 11) is 0. The van der Waals surface area contributed by atoms with Crippen molar-refractivity contribution < 1.29 is 4.74 Å². The molecule has 0 aromatic heterocycles.